The molecular formula is C19H24N2O4S2. The lowest BCUT2D eigenvalue weighted by Crippen LogP contribution is -2.42. The van der Waals surface area contributed by atoms with Crippen molar-refractivity contribution in [2.24, 2.45) is 0 Å². The number of ether oxygens (including phenoxy) is 3. The SMILES string of the molecule is CCOc1cccc(/C=C2\SC(=S)N(CCN3CCOCC3)C2=O)c1OC. The molecule has 2 aliphatic rings. The maximum absolute atomic E-state index is 12.8. The van der Waals surface area contributed by atoms with Crippen LogP contribution in [-0.2, 0) is 9.53 Å². The molecule has 8 heteroatoms. The van der Waals surface area contributed by atoms with E-state index < -0.39 is 0 Å². The molecule has 0 saturated carbocycles. The Labute approximate surface area is 169 Å². The summed E-state index contributed by atoms with van der Waals surface area (Å²) in [5, 5.41) is 0. The number of hydrogen-bond acceptors (Lipinski definition) is 7. The van der Waals surface area contributed by atoms with Crippen molar-refractivity contribution in [3.05, 3.63) is 28.7 Å². The zero-order valence-corrected chi connectivity index (χ0v) is 17.2. The summed E-state index contributed by atoms with van der Waals surface area (Å²) >= 11 is 6.77. The van der Waals surface area contributed by atoms with Gasteiger partial charge in [0.2, 0.25) is 0 Å². The first kappa shape index (κ1) is 20.1. The van der Waals surface area contributed by atoms with E-state index in [2.05, 4.69) is 4.90 Å². The minimum absolute atomic E-state index is 0.0536. The fourth-order valence-electron chi connectivity index (χ4n) is 3.03. The molecule has 0 aliphatic carbocycles. The van der Waals surface area contributed by atoms with Gasteiger partial charge < -0.3 is 14.2 Å². The van der Waals surface area contributed by atoms with E-state index >= 15 is 0 Å². The van der Waals surface area contributed by atoms with Crippen LogP contribution in [0.4, 0.5) is 0 Å². The number of rotatable bonds is 7. The average molecular weight is 409 g/mol. The quantitative estimate of drug-likeness (QED) is 0.508. The summed E-state index contributed by atoms with van der Waals surface area (Å²) < 4.78 is 17.1. The lowest BCUT2D eigenvalue weighted by Gasteiger charge is -2.28. The van der Waals surface area contributed by atoms with Crippen LogP contribution in [-0.4, -0.2) is 73.1 Å². The molecule has 27 heavy (non-hydrogen) atoms. The minimum Gasteiger partial charge on any atom is -0.492 e. The lowest BCUT2D eigenvalue weighted by atomic mass is 10.1. The number of morpholine rings is 1. The fourth-order valence-corrected chi connectivity index (χ4v) is 4.33. The monoisotopic (exact) mass is 408 g/mol. The summed E-state index contributed by atoms with van der Waals surface area (Å²) in [6.45, 7) is 7.14. The number of methoxy groups -OCH3 is 1. The van der Waals surface area contributed by atoms with Gasteiger partial charge in [-0.05, 0) is 19.1 Å². The fraction of sp³-hybridized carbons (Fsp3) is 0.474. The maximum Gasteiger partial charge on any atom is 0.266 e. The molecule has 3 rings (SSSR count). The number of thiocarbonyl (C=S) groups is 1. The molecule has 0 spiro atoms. The van der Waals surface area contributed by atoms with Crippen molar-refractivity contribution < 1.29 is 19.0 Å². The number of carbonyl (C=O) groups excluding carboxylic acids is 1. The van der Waals surface area contributed by atoms with Gasteiger partial charge in [0.1, 0.15) is 4.32 Å². The third-order valence-corrected chi connectivity index (χ3v) is 5.79. The van der Waals surface area contributed by atoms with Crippen LogP contribution in [0.2, 0.25) is 0 Å². The Hall–Kier alpha value is -1.61. The Balaban J connectivity index is 1.73. The summed E-state index contributed by atoms with van der Waals surface area (Å²) in [5.74, 6) is 1.23. The van der Waals surface area contributed by atoms with Crippen molar-refractivity contribution in [1.82, 2.24) is 9.80 Å². The van der Waals surface area contributed by atoms with Crippen molar-refractivity contribution in [3.63, 3.8) is 0 Å². The third-order valence-electron chi connectivity index (χ3n) is 4.42. The maximum atomic E-state index is 12.8. The predicted molar refractivity (Wildman–Crippen MR) is 111 cm³/mol. The first-order valence-corrected chi connectivity index (χ1v) is 10.2. The van der Waals surface area contributed by atoms with E-state index in [0.29, 0.717) is 33.9 Å². The molecule has 2 aliphatic heterocycles. The van der Waals surface area contributed by atoms with Gasteiger partial charge in [-0.15, -0.1) is 0 Å². The van der Waals surface area contributed by atoms with Gasteiger partial charge in [0.05, 0.1) is 31.8 Å². The van der Waals surface area contributed by atoms with Gasteiger partial charge >= 0.3 is 0 Å². The highest BCUT2D eigenvalue weighted by Gasteiger charge is 2.32. The highest BCUT2D eigenvalue weighted by atomic mass is 32.2. The van der Waals surface area contributed by atoms with Crippen molar-refractivity contribution in [3.8, 4) is 11.5 Å². The van der Waals surface area contributed by atoms with Crippen molar-refractivity contribution >= 4 is 40.3 Å². The third kappa shape index (κ3) is 4.82. The van der Waals surface area contributed by atoms with Crippen LogP contribution in [0.1, 0.15) is 12.5 Å². The molecule has 1 amide bonds. The molecule has 0 radical (unpaired) electrons. The summed E-state index contributed by atoms with van der Waals surface area (Å²) in [5.41, 5.74) is 0.803. The highest BCUT2D eigenvalue weighted by molar-refractivity contribution is 8.26. The van der Waals surface area contributed by atoms with Crippen LogP contribution in [0.5, 0.6) is 11.5 Å². The van der Waals surface area contributed by atoms with Gasteiger partial charge in [0.15, 0.2) is 11.5 Å². The average Bonchev–Trinajstić information content (AvgIpc) is 2.94. The second kappa shape index (κ2) is 9.54. The van der Waals surface area contributed by atoms with E-state index in [1.807, 2.05) is 31.2 Å². The van der Waals surface area contributed by atoms with Crippen LogP contribution in [0.25, 0.3) is 6.08 Å². The van der Waals surface area contributed by atoms with E-state index in [4.69, 9.17) is 26.4 Å². The van der Waals surface area contributed by atoms with E-state index in [1.165, 1.54) is 11.8 Å². The number of thioether (sulfide) groups is 1. The number of benzene rings is 1. The zero-order chi connectivity index (χ0) is 19.2. The molecule has 0 aromatic heterocycles. The van der Waals surface area contributed by atoms with Gasteiger partial charge in [-0.1, -0.05) is 36.1 Å². The topological polar surface area (TPSA) is 51.2 Å². The zero-order valence-electron chi connectivity index (χ0n) is 15.6. The lowest BCUT2D eigenvalue weighted by molar-refractivity contribution is -0.122. The Morgan fingerprint density at radius 1 is 1.30 bits per heavy atom. The minimum atomic E-state index is -0.0536. The highest BCUT2D eigenvalue weighted by Crippen LogP contribution is 2.37. The summed E-state index contributed by atoms with van der Waals surface area (Å²) in [6.07, 6.45) is 1.83. The predicted octanol–water partition coefficient (Wildman–Crippen LogP) is 2.63. The van der Waals surface area contributed by atoms with Gasteiger partial charge in [-0.25, -0.2) is 0 Å². The van der Waals surface area contributed by atoms with Gasteiger partial charge in [-0.2, -0.15) is 0 Å². The van der Waals surface area contributed by atoms with Gasteiger partial charge in [0.25, 0.3) is 5.91 Å². The molecule has 2 saturated heterocycles. The van der Waals surface area contributed by atoms with E-state index in [0.717, 1.165) is 38.4 Å². The molecule has 146 valence electrons. The molecule has 2 fully saturated rings. The van der Waals surface area contributed by atoms with Crippen LogP contribution in [0.15, 0.2) is 23.1 Å². The van der Waals surface area contributed by atoms with Crippen molar-refractivity contribution in [2.75, 3.05) is 53.1 Å². The Kier molecular flexibility index (Phi) is 7.12. The molecule has 1 aromatic rings. The number of nitrogens with zero attached hydrogens (tertiary/aromatic N) is 2. The molecule has 0 atom stereocenters. The largest absolute Gasteiger partial charge is 0.492 e. The first-order valence-electron chi connectivity index (χ1n) is 8.99. The van der Waals surface area contributed by atoms with E-state index in [1.54, 1.807) is 12.0 Å². The molecular weight excluding hydrogens is 384 g/mol. The Morgan fingerprint density at radius 2 is 2.07 bits per heavy atom. The standard InChI is InChI=1S/C19H24N2O4S2/c1-3-25-15-6-4-5-14(17(15)23-2)13-16-18(22)21(19(26)27-16)8-7-20-9-11-24-12-10-20/h4-6,13H,3,7-12H2,1-2H3/b16-13-. The van der Waals surface area contributed by atoms with Crippen LogP contribution >= 0.6 is 24.0 Å². The number of carbonyl (C=O) groups is 1. The van der Waals surface area contributed by atoms with Gasteiger partial charge in [0, 0.05) is 31.7 Å². The number of hydrogen-bond donors (Lipinski definition) is 0. The Bertz CT molecular complexity index is 732. The molecule has 2 heterocycles. The number of amides is 1. The number of para-hydroxylation sites is 1. The van der Waals surface area contributed by atoms with E-state index in [9.17, 15) is 4.79 Å². The van der Waals surface area contributed by atoms with Crippen LogP contribution in [0.3, 0.4) is 0 Å². The van der Waals surface area contributed by atoms with Gasteiger partial charge in [-0.3, -0.25) is 14.6 Å². The van der Waals surface area contributed by atoms with E-state index in [-0.39, 0.29) is 5.91 Å². The normalized spacial score (nSPS) is 19.8. The Morgan fingerprint density at radius 3 is 2.78 bits per heavy atom. The van der Waals surface area contributed by atoms with Crippen molar-refractivity contribution in [2.45, 2.75) is 6.92 Å². The summed E-state index contributed by atoms with van der Waals surface area (Å²) in [7, 11) is 1.60. The second-order valence-corrected chi connectivity index (χ2v) is 7.77. The van der Waals surface area contributed by atoms with Crippen LogP contribution in [0, 0.1) is 0 Å². The molecule has 6 nitrogen and oxygen atoms in total. The second-order valence-electron chi connectivity index (χ2n) is 6.10. The first-order chi connectivity index (χ1) is 13.1. The molecule has 0 N–H and O–H groups in total. The molecule has 0 unspecified atom stereocenters. The summed E-state index contributed by atoms with van der Waals surface area (Å²) in [4.78, 5) is 17.4. The van der Waals surface area contributed by atoms with Crippen LogP contribution < -0.4 is 9.47 Å². The molecule has 1 aromatic carbocycles. The van der Waals surface area contributed by atoms with Crippen molar-refractivity contribution in [1.29, 1.82) is 0 Å². The summed E-state index contributed by atoms with van der Waals surface area (Å²) in [6, 6.07) is 5.65. The smallest absolute Gasteiger partial charge is 0.266 e. The molecule has 0 bridgehead atoms.